The van der Waals surface area contributed by atoms with E-state index < -0.39 is 0 Å². The molecule has 0 radical (unpaired) electrons. The van der Waals surface area contributed by atoms with Gasteiger partial charge in [0, 0.05) is 0 Å². The zero-order valence-corrected chi connectivity index (χ0v) is 13.5. The highest BCUT2D eigenvalue weighted by Crippen LogP contribution is 2.14. The van der Waals surface area contributed by atoms with Crippen LogP contribution < -0.4 is 10.1 Å². The fraction of sp³-hybridized carbons (Fsp3) is 0.556. The molecule has 0 heterocycles. The van der Waals surface area contributed by atoms with Crippen LogP contribution in [0.1, 0.15) is 52.0 Å². The van der Waals surface area contributed by atoms with E-state index in [0.717, 1.165) is 37.4 Å². The summed E-state index contributed by atoms with van der Waals surface area (Å²) in [5, 5.41) is 3.11. The molecule has 0 saturated heterocycles. The summed E-state index contributed by atoms with van der Waals surface area (Å²) in [5.41, 5.74) is 1.11. The molecule has 0 atom stereocenters. The Morgan fingerprint density at radius 3 is 2.40 bits per heavy atom. The van der Waals surface area contributed by atoms with Crippen LogP contribution >= 0.6 is 0 Å². The summed E-state index contributed by atoms with van der Waals surface area (Å²) in [6.07, 6.45) is 6.82. The lowest BCUT2D eigenvalue weighted by molar-refractivity contribution is 0.305. The topological polar surface area (TPSA) is 21.3 Å². The van der Waals surface area contributed by atoms with E-state index in [0.29, 0.717) is 0 Å². The second-order valence-electron chi connectivity index (χ2n) is 4.64. The normalized spacial score (nSPS) is 9.55. The van der Waals surface area contributed by atoms with Crippen LogP contribution in [-0.2, 0) is 0 Å². The maximum atomic E-state index is 5.65. The third-order valence-electron chi connectivity index (χ3n) is 2.86. The zero-order chi connectivity index (χ0) is 15.1. The van der Waals surface area contributed by atoms with Crippen LogP contribution in [-0.4, -0.2) is 19.7 Å². The average molecular weight is 277 g/mol. The monoisotopic (exact) mass is 277 g/mol. The van der Waals surface area contributed by atoms with Gasteiger partial charge in [-0.1, -0.05) is 64.8 Å². The van der Waals surface area contributed by atoms with Crippen molar-refractivity contribution in [1.82, 2.24) is 5.32 Å². The predicted molar refractivity (Wildman–Crippen MR) is 90.4 cm³/mol. The van der Waals surface area contributed by atoms with Crippen LogP contribution in [0.3, 0.4) is 0 Å². The Morgan fingerprint density at radius 1 is 1.10 bits per heavy atom. The predicted octanol–water partition coefficient (Wildman–Crippen LogP) is 4.90. The van der Waals surface area contributed by atoms with Crippen molar-refractivity contribution in [2.24, 2.45) is 0 Å². The molecule has 0 aromatic heterocycles. The number of unbranched alkanes of at least 4 members (excludes halogenated alkanes) is 3. The van der Waals surface area contributed by atoms with Crippen LogP contribution in [0.25, 0.3) is 6.08 Å². The van der Waals surface area contributed by atoms with Crippen LogP contribution in [0.4, 0.5) is 0 Å². The van der Waals surface area contributed by atoms with Crippen molar-refractivity contribution in [3.63, 3.8) is 0 Å². The molecule has 0 amide bonds. The van der Waals surface area contributed by atoms with Crippen LogP contribution in [0, 0.1) is 0 Å². The van der Waals surface area contributed by atoms with E-state index in [9.17, 15) is 0 Å². The van der Waals surface area contributed by atoms with Crippen molar-refractivity contribution < 1.29 is 4.74 Å². The first kappa shape index (κ1) is 18.7. The van der Waals surface area contributed by atoms with Gasteiger partial charge in [0.05, 0.1) is 6.61 Å². The summed E-state index contributed by atoms with van der Waals surface area (Å²) in [6, 6.07) is 8.04. The van der Waals surface area contributed by atoms with Gasteiger partial charge < -0.3 is 10.1 Å². The van der Waals surface area contributed by atoms with E-state index in [1.807, 2.05) is 30.3 Å². The summed E-state index contributed by atoms with van der Waals surface area (Å²) in [6.45, 7) is 13.2. The minimum Gasteiger partial charge on any atom is -0.494 e. The third kappa shape index (κ3) is 10.6. The standard InChI is InChI=1S/C14H20O.C4H11N/c1-3-5-6-7-11-15-14-10-8-9-13(4-2)12-14;1-3-5-4-2/h4,8-10,12H,2-3,5-7,11H2,1H3;5H,3-4H2,1-2H3. The van der Waals surface area contributed by atoms with Crippen molar-refractivity contribution in [2.75, 3.05) is 19.7 Å². The second kappa shape index (κ2) is 14.1. The minimum absolute atomic E-state index is 0.820. The number of ether oxygens (including phenoxy) is 1. The number of rotatable bonds is 9. The maximum Gasteiger partial charge on any atom is 0.119 e. The average Bonchev–Trinajstić information content (AvgIpc) is 2.49. The highest BCUT2D eigenvalue weighted by molar-refractivity contribution is 5.49. The van der Waals surface area contributed by atoms with Gasteiger partial charge in [-0.3, -0.25) is 0 Å². The lowest BCUT2D eigenvalue weighted by Gasteiger charge is -2.06. The SMILES string of the molecule is C=Cc1cccc(OCCCCCC)c1.CCNCC. The van der Waals surface area contributed by atoms with Crippen LogP contribution in [0.15, 0.2) is 30.8 Å². The molecule has 0 fully saturated rings. The Hall–Kier alpha value is -1.28. The smallest absolute Gasteiger partial charge is 0.119 e. The fourth-order valence-electron chi connectivity index (χ4n) is 1.70. The first-order valence-electron chi connectivity index (χ1n) is 7.84. The molecule has 0 aliphatic heterocycles. The number of hydrogen-bond donors (Lipinski definition) is 1. The number of nitrogens with one attached hydrogen (secondary N) is 1. The molecule has 114 valence electrons. The van der Waals surface area contributed by atoms with Gasteiger partial charge in [0.25, 0.3) is 0 Å². The maximum absolute atomic E-state index is 5.65. The van der Waals surface area contributed by atoms with E-state index in [-0.39, 0.29) is 0 Å². The molecule has 0 aliphatic carbocycles. The van der Waals surface area contributed by atoms with Gasteiger partial charge in [0.15, 0.2) is 0 Å². The Morgan fingerprint density at radius 2 is 1.85 bits per heavy atom. The largest absolute Gasteiger partial charge is 0.494 e. The summed E-state index contributed by atoms with van der Waals surface area (Å²) < 4.78 is 5.65. The van der Waals surface area contributed by atoms with E-state index in [2.05, 4.69) is 32.7 Å². The van der Waals surface area contributed by atoms with Crippen LogP contribution in [0.2, 0.25) is 0 Å². The van der Waals surface area contributed by atoms with Crippen molar-refractivity contribution in [3.05, 3.63) is 36.4 Å². The molecule has 2 heteroatoms. The van der Waals surface area contributed by atoms with Gasteiger partial charge in [-0.2, -0.15) is 0 Å². The number of hydrogen-bond acceptors (Lipinski definition) is 2. The van der Waals surface area contributed by atoms with Gasteiger partial charge in [-0.15, -0.1) is 0 Å². The van der Waals surface area contributed by atoms with Gasteiger partial charge in [0.2, 0.25) is 0 Å². The molecule has 1 N–H and O–H groups in total. The molecule has 1 rings (SSSR count). The lowest BCUT2D eigenvalue weighted by atomic mass is 10.2. The molecule has 2 nitrogen and oxygen atoms in total. The van der Waals surface area contributed by atoms with E-state index in [1.54, 1.807) is 0 Å². The summed E-state index contributed by atoms with van der Waals surface area (Å²) in [4.78, 5) is 0. The summed E-state index contributed by atoms with van der Waals surface area (Å²) in [7, 11) is 0. The Bertz CT molecular complexity index is 334. The molecule has 20 heavy (non-hydrogen) atoms. The van der Waals surface area contributed by atoms with Crippen LogP contribution in [0.5, 0.6) is 5.75 Å². The minimum atomic E-state index is 0.820. The van der Waals surface area contributed by atoms with E-state index in [4.69, 9.17) is 4.74 Å². The fourth-order valence-corrected chi connectivity index (χ4v) is 1.70. The highest BCUT2D eigenvalue weighted by Gasteiger charge is 1.94. The molecule has 1 aromatic carbocycles. The Labute approximate surface area is 125 Å². The van der Waals surface area contributed by atoms with Crippen molar-refractivity contribution in [3.8, 4) is 5.75 Å². The summed E-state index contributed by atoms with van der Waals surface area (Å²) >= 11 is 0. The zero-order valence-electron chi connectivity index (χ0n) is 13.5. The lowest BCUT2D eigenvalue weighted by Crippen LogP contribution is -2.09. The molecule has 1 aromatic rings. The third-order valence-corrected chi connectivity index (χ3v) is 2.86. The van der Waals surface area contributed by atoms with Crippen molar-refractivity contribution in [2.45, 2.75) is 46.5 Å². The van der Waals surface area contributed by atoms with Crippen molar-refractivity contribution in [1.29, 1.82) is 0 Å². The molecular weight excluding hydrogens is 246 g/mol. The van der Waals surface area contributed by atoms with Gasteiger partial charge in [0.1, 0.15) is 5.75 Å². The Kier molecular flexibility index (Phi) is 13.2. The van der Waals surface area contributed by atoms with Gasteiger partial charge in [-0.05, 0) is 37.2 Å². The Balaban J connectivity index is 0.000000621. The van der Waals surface area contributed by atoms with Gasteiger partial charge in [-0.25, -0.2) is 0 Å². The van der Waals surface area contributed by atoms with E-state index >= 15 is 0 Å². The molecule has 0 saturated carbocycles. The molecule has 0 unspecified atom stereocenters. The number of benzene rings is 1. The second-order valence-corrected chi connectivity index (χ2v) is 4.64. The quantitative estimate of drug-likeness (QED) is 0.648. The molecular formula is C18H31NO. The van der Waals surface area contributed by atoms with Gasteiger partial charge >= 0.3 is 0 Å². The van der Waals surface area contributed by atoms with E-state index in [1.165, 1.54) is 19.3 Å². The molecule has 0 bridgehead atoms. The van der Waals surface area contributed by atoms with Crippen molar-refractivity contribution >= 4 is 6.08 Å². The summed E-state index contributed by atoms with van der Waals surface area (Å²) in [5.74, 6) is 0.948. The molecule has 0 aliphatic rings. The first-order valence-corrected chi connectivity index (χ1v) is 7.84. The first-order chi connectivity index (χ1) is 9.78. The molecule has 0 spiro atoms. The highest BCUT2D eigenvalue weighted by atomic mass is 16.5.